The number of H-pyrrole nitrogens is 1. The highest BCUT2D eigenvalue weighted by molar-refractivity contribution is 9.10. The van der Waals surface area contributed by atoms with Gasteiger partial charge in [0.2, 0.25) is 5.91 Å². The predicted octanol–water partition coefficient (Wildman–Crippen LogP) is 1.56. The molecule has 1 unspecified atom stereocenters. The maximum absolute atomic E-state index is 12.2. The van der Waals surface area contributed by atoms with Crippen molar-refractivity contribution in [2.75, 3.05) is 20.8 Å². The van der Waals surface area contributed by atoms with Crippen LogP contribution in [-0.4, -0.2) is 48.7 Å². The number of hydrogen-bond donors (Lipinski definition) is 2. The number of aromatic amines is 1. The Hall–Kier alpha value is -1.93. The lowest BCUT2D eigenvalue weighted by Gasteiger charge is -2.16. The number of methoxy groups -OCH3 is 2. The number of carbonyl (C=O) groups is 2. The Morgan fingerprint density at radius 1 is 1.39 bits per heavy atom. The summed E-state index contributed by atoms with van der Waals surface area (Å²) in [5, 5.41) is 2.68. The lowest BCUT2D eigenvalue weighted by molar-refractivity contribution is -0.145. The van der Waals surface area contributed by atoms with Crippen molar-refractivity contribution in [3.63, 3.8) is 0 Å². The highest BCUT2D eigenvalue weighted by atomic mass is 79.9. The van der Waals surface area contributed by atoms with Gasteiger partial charge in [0.05, 0.1) is 30.9 Å². The fourth-order valence-electron chi connectivity index (χ4n) is 2.18. The molecule has 1 heterocycles. The summed E-state index contributed by atoms with van der Waals surface area (Å²) in [5.74, 6) is -0.755. The number of carbonyl (C=O) groups excluding carboxylic acids is 2. The van der Waals surface area contributed by atoms with E-state index < -0.39 is 12.0 Å². The smallest absolute Gasteiger partial charge is 0.328 e. The predicted molar refractivity (Wildman–Crippen MR) is 87.9 cm³/mol. The van der Waals surface area contributed by atoms with Gasteiger partial charge in [0.15, 0.2) is 0 Å². The highest BCUT2D eigenvalue weighted by Gasteiger charge is 2.21. The summed E-state index contributed by atoms with van der Waals surface area (Å²) in [4.78, 5) is 31.1. The topological polar surface area (TPSA) is 93.3 Å². The molecule has 0 aliphatic rings. The van der Waals surface area contributed by atoms with Crippen molar-refractivity contribution >= 4 is 38.8 Å². The van der Waals surface area contributed by atoms with Gasteiger partial charge in [-0.25, -0.2) is 9.78 Å². The first-order chi connectivity index (χ1) is 11.0. The quantitative estimate of drug-likeness (QED) is 0.707. The molecule has 1 amide bonds. The molecule has 7 nitrogen and oxygen atoms in total. The molecule has 0 aliphatic carbocycles. The number of nitrogens with one attached hydrogen (secondary N) is 2. The summed E-state index contributed by atoms with van der Waals surface area (Å²) < 4.78 is 10.4. The lowest BCUT2D eigenvalue weighted by atomic mass is 10.1. The van der Waals surface area contributed by atoms with Crippen LogP contribution in [0.15, 0.2) is 22.9 Å². The zero-order valence-corrected chi connectivity index (χ0v) is 14.5. The molecule has 1 aromatic carbocycles. The zero-order chi connectivity index (χ0) is 16.8. The molecule has 0 saturated heterocycles. The Balaban J connectivity index is 2.06. The Bertz CT molecular complexity index is 701. The number of esters is 1. The average molecular weight is 384 g/mol. The first kappa shape index (κ1) is 17.4. The number of ether oxygens (including phenoxy) is 2. The lowest BCUT2D eigenvalue weighted by Crippen LogP contribution is -2.42. The second-order valence-corrected chi connectivity index (χ2v) is 5.82. The van der Waals surface area contributed by atoms with E-state index in [0.29, 0.717) is 13.0 Å². The van der Waals surface area contributed by atoms with Crippen LogP contribution in [0, 0.1) is 0 Å². The molecule has 0 saturated carbocycles. The van der Waals surface area contributed by atoms with Gasteiger partial charge in [-0.15, -0.1) is 0 Å². The van der Waals surface area contributed by atoms with Gasteiger partial charge in [0.1, 0.15) is 6.04 Å². The van der Waals surface area contributed by atoms with Gasteiger partial charge in [-0.3, -0.25) is 4.79 Å². The minimum Gasteiger partial charge on any atom is -0.467 e. The Morgan fingerprint density at radius 2 is 2.17 bits per heavy atom. The molecular weight excluding hydrogens is 366 g/mol. The third kappa shape index (κ3) is 4.52. The molecule has 1 aromatic heterocycles. The number of fused-ring (bicyclic) bond motifs is 1. The van der Waals surface area contributed by atoms with Gasteiger partial charge in [-0.05, 0) is 17.7 Å². The summed E-state index contributed by atoms with van der Waals surface area (Å²) in [6, 6.07) is 2.98. The first-order valence-electron chi connectivity index (χ1n) is 7.02. The molecule has 0 spiro atoms. The van der Waals surface area contributed by atoms with Crippen LogP contribution in [0.1, 0.15) is 12.0 Å². The average Bonchev–Trinajstić information content (AvgIpc) is 2.97. The van der Waals surface area contributed by atoms with Crippen LogP contribution in [0.4, 0.5) is 0 Å². The Morgan fingerprint density at radius 3 is 2.87 bits per heavy atom. The fourth-order valence-corrected chi connectivity index (χ4v) is 2.65. The van der Waals surface area contributed by atoms with Gasteiger partial charge in [0, 0.05) is 24.6 Å². The molecule has 124 valence electrons. The molecule has 8 heteroatoms. The number of benzene rings is 1. The van der Waals surface area contributed by atoms with Crippen LogP contribution in [-0.2, 0) is 25.5 Å². The van der Waals surface area contributed by atoms with E-state index in [0.717, 1.165) is 21.1 Å². The van der Waals surface area contributed by atoms with Crippen molar-refractivity contribution in [2.24, 2.45) is 0 Å². The number of amides is 1. The summed E-state index contributed by atoms with van der Waals surface area (Å²) >= 11 is 3.44. The highest BCUT2D eigenvalue weighted by Crippen LogP contribution is 2.22. The standard InChI is InChI=1S/C15H18BrN3O4/c1-22-4-3-11(15(21)23-2)19-14(20)6-9-5-12-13(7-10(9)16)18-8-17-12/h5,7-8,11H,3-4,6H2,1-2H3,(H,17,18)(H,19,20). The minimum atomic E-state index is -0.720. The van der Waals surface area contributed by atoms with Crippen molar-refractivity contribution in [3.05, 3.63) is 28.5 Å². The minimum absolute atomic E-state index is 0.135. The molecule has 2 rings (SSSR count). The number of nitrogens with zero attached hydrogens (tertiary/aromatic N) is 1. The summed E-state index contributed by atoms with van der Waals surface area (Å²) in [7, 11) is 2.82. The molecule has 0 bridgehead atoms. The molecular formula is C15H18BrN3O4. The molecule has 1 atom stereocenters. The maximum Gasteiger partial charge on any atom is 0.328 e. The van der Waals surface area contributed by atoms with Gasteiger partial charge in [-0.2, -0.15) is 0 Å². The third-order valence-electron chi connectivity index (χ3n) is 3.37. The van der Waals surface area contributed by atoms with Crippen LogP contribution in [0.2, 0.25) is 0 Å². The van der Waals surface area contributed by atoms with E-state index in [1.54, 1.807) is 6.33 Å². The fraction of sp³-hybridized carbons (Fsp3) is 0.400. The first-order valence-corrected chi connectivity index (χ1v) is 7.82. The number of rotatable bonds is 7. The normalized spacial score (nSPS) is 12.1. The monoisotopic (exact) mass is 383 g/mol. The van der Waals surface area contributed by atoms with Crippen LogP contribution >= 0.6 is 15.9 Å². The summed E-state index contributed by atoms with van der Waals surface area (Å²) in [6.07, 6.45) is 2.09. The van der Waals surface area contributed by atoms with Gasteiger partial charge in [-0.1, -0.05) is 15.9 Å². The van der Waals surface area contributed by atoms with Gasteiger partial charge in [0.25, 0.3) is 0 Å². The van der Waals surface area contributed by atoms with Crippen LogP contribution in [0.5, 0.6) is 0 Å². The second-order valence-electron chi connectivity index (χ2n) is 4.96. The number of hydrogen-bond acceptors (Lipinski definition) is 5. The van der Waals surface area contributed by atoms with E-state index in [4.69, 9.17) is 9.47 Å². The molecule has 2 N–H and O–H groups in total. The number of imidazole rings is 1. The van der Waals surface area contributed by atoms with Gasteiger partial charge < -0.3 is 19.8 Å². The van der Waals surface area contributed by atoms with Crippen LogP contribution < -0.4 is 5.32 Å². The van der Waals surface area contributed by atoms with E-state index >= 15 is 0 Å². The van der Waals surface area contributed by atoms with Crippen molar-refractivity contribution in [2.45, 2.75) is 18.9 Å². The van der Waals surface area contributed by atoms with E-state index in [1.165, 1.54) is 14.2 Å². The van der Waals surface area contributed by atoms with Crippen molar-refractivity contribution < 1.29 is 19.1 Å². The largest absolute Gasteiger partial charge is 0.467 e. The van der Waals surface area contributed by atoms with E-state index in [2.05, 4.69) is 31.2 Å². The van der Waals surface area contributed by atoms with E-state index in [-0.39, 0.29) is 12.3 Å². The van der Waals surface area contributed by atoms with Crippen LogP contribution in [0.3, 0.4) is 0 Å². The summed E-state index contributed by atoms with van der Waals surface area (Å²) in [5.41, 5.74) is 2.46. The molecule has 23 heavy (non-hydrogen) atoms. The van der Waals surface area contributed by atoms with Crippen LogP contribution in [0.25, 0.3) is 11.0 Å². The third-order valence-corrected chi connectivity index (χ3v) is 4.11. The number of aromatic nitrogens is 2. The van der Waals surface area contributed by atoms with E-state index in [1.807, 2.05) is 12.1 Å². The summed E-state index contributed by atoms with van der Waals surface area (Å²) in [6.45, 7) is 0.351. The van der Waals surface area contributed by atoms with Gasteiger partial charge >= 0.3 is 5.97 Å². The molecule has 0 aliphatic heterocycles. The maximum atomic E-state index is 12.2. The van der Waals surface area contributed by atoms with Crippen molar-refractivity contribution in [1.29, 1.82) is 0 Å². The Kier molecular flexibility index (Phi) is 6.12. The number of halogens is 1. The second kappa shape index (κ2) is 8.07. The molecule has 2 aromatic rings. The van der Waals surface area contributed by atoms with E-state index in [9.17, 15) is 9.59 Å². The SMILES string of the molecule is COCCC(NC(=O)Cc1cc2[nH]cnc2cc1Br)C(=O)OC. The molecule has 0 fully saturated rings. The van der Waals surface area contributed by atoms with Crippen molar-refractivity contribution in [1.82, 2.24) is 15.3 Å². The molecule has 0 radical (unpaired) electrons. The zero-order valence-electron chi connectivity index (χ0n) is 12.9. The van der Waals surface area contributed by atoms with Crippen molar-refractivity contribution in [3.8, 4) is 0 Å². The Labute approximate surface area is 141 Å².